The molecule has 1 heterocycles. The van der Waals surface area contributed by atoms with Gasteiger partial charge in [-0.2, -0.15) is 5.10 Å². The molecule has 3 nitrogen and oxygen atoms in total. The van der Waals surface area contributed by atoms with Crippen LogP contribution < -0.4 is 5.73 Å². The van der Waals surface area contributed by atoms with Crippen molar-refractivity contribution in [3.05, 3.63) is 52.3 Å². The second-order valence-corrected chi connectivity index (χ2v) is 5.55. The van der Waals surface area contributed by atoms with Crippen molar-refractivity contribution >= 4 is 11.6 Å². The summed E-state index contributed by atoms with van der Waals surface area (Å²) in [7, 11) is 0. The van der Waals surface area contributed by atoms with Gasteiger partial charge in [0.05, 0.1) is 5.69 Å². The van der Waals surface area contributed by atoms with E-state index in [9.17, 15) is 0 Å². The lowest BCUT2D eigenvalue weighted by atomic mass is 9.98. The normalized spacial score (nSPS) is 12.9. The number of nitrogens with zero attached hydrogens (tertiary/aromatic N) is 2. The number of nitrogens with two attached hydrogens (primary N) is 1. The van der Waals surface area contributed by atoms with Gasteiger partial charge < -0.3 is 5.73 Å². The molecule has 0 bridgehead atoms. The molecule has 0 radical (unpaired) electrons. The minimum atomic E-state index is -0.0748. The van der Waals surface area contributed by atoms with E-state index in [4.69, 9.17) is 17.3 Å². The van der Waals surface area contributed by atoms with Crippen LogP contribution in [0.5, 0.6) is 0 Å². The van der Waals surface area contributed by atoms with Crippen molar-refractivity contribution in [1.29, 1.82) is 0 Å². The molecule has 1 atom stereocenters. The Morgan fingerprint density at radius 1 is 1.32 bits per heavy atom. The Morgan fingerprint density at radius 2 is 2.05 bits per heavy atom. The van der Waals surface area contributed by atoms with E-state index in [1.807, 2.05) is 42.1 Å². The van der Waals surface area contributed by atoms with Crippen LogP contribution in [0.1, 0.15) is 42.8 Å². The SMILES string of the molecule is Cc1c(Cl)cccc1C(N)Cc1ccn(C(C)C)n1. The lowest BCUT2D eigenvalue weighted by Crippen LogP contribution is -2.15. The minimum absolute atomic E-state index is 0.0748. The molecule has 0 aliphatic rings. The number of aromatic nitrogens is 2. The molecule has 0 fully saturated rings. The molecule has 0 aliphatic carbocycles. The Labute approximate surface area is 119 Å². The highest BCUT2D eigenvalue weighted by atomic mass is 35.5. The Balaban J connectivity index is 2.16. The van der Waals surface area contributed by atoms with Gasteiger partial charge in [0, 0.05) is 29.7 Å². The zero-order valence-electron chi connectivity index (χ0n) is 11.6. The Morgan fingerprint density at radius 3 is 2.68 bits per heavy atom. The zero-order valence-corrected chi connectivity index (χ0v) is 12.4. The second-order valence-electron chi connectivity index (χ2n) is 5.15. The van der Waals surface area contributed by atoms with Crippen LogP contribution >= 0.6 is 11.6 Å². The number of hydrogen-bond acceptors (Lipinski definition) is 2. The maximum Gasteiger partial charge on any atom is 0.0643 e. The molecular formula is C15H20ClN3. The molecule has 102 valence electrons. The van der Waals surface area contributed by atoms with Crippen LogP contribution in [0.2, 0.25) is 5.02 Å². The molecule has 0 aliphatic heterocycles. The summed E-state index contributed by atoms with van der Waals surface area (Å²) in [5.74, 6) is 0. The van der Waals surface area contributed by atoms with Crippen molar-refractivity contribution in [3.8, 4) is 0 Å². The lowest BCUT2D eigenvalue weighted by molar-refractivity contribution is 0.522. The van der Waals surface area contributed by atoms with E-state index in [1.54, 1.807) is 0 Å². The van der Waals surface area contributed by atoms with Gasteiger partial charge in [-0.25, -0.2) is 0 Å². The van der Waals surface area contributed by atoms with Gasteiger partial charge in [0.15, 0.2) is 0 Å². The first-order chi connectivity index (χ1) is 8.99. The number of benzene rings is 1. The predicted molar refractivity (Wildman–Crippen MR) is 79.4 cm³/mol. The highest BCUT2D eigenvalue weighted by Crippen LogP contribution is 2.24. The number of hydrogen-bond donors (Lipinski definition) is 1. The van der Waals surface area contributed by atoms with Crippen molar-refractivity contribution in [3.63, 3.8) is 0 Å². The lowest BCUT2D eigenvalue weighted by Gasteiger charge is -2.14. The van der Waals surface area contributed by atoms with Crippen LogP contribution in [0.25, 0.3) is 0 Å². The summed E-state index contributed by atoms with van der Waals surface area (Å²) in [4.78, 5) is 0. The maximum atomic E-state index is 6.27. The van der Waals surface area contributed by atoms with Crippen molar-refractivity contribution in [2.45, 2.75) is 39.3 Å². The summed E-state index contributed by atoms with van der Waals surface area (Å²) < 4.78 is 1.95. The number of rotatable bonds is 4. The average Bonchev–Trinajstić information content (AvgIpc) is 2.81. The summed E-state index contributed by atoms with van der Waals surface area (Å²) in [5, 5.41) is 5.30. The Bertz CT molecular complexity index is 560. The fraction of sp³-hybridized carbons (Fsp3) is 0.400. The molecule has 1 aromatic heterocycles. The predicted octanol–water partition coefficient (Wildman–Crippen LogP) is 3.67. The zero-order chi connectivity index (χ0) is 14.0. The molecule has 2 rings (SSSR count). The van der Waals surface area contributed by atoms with Crippen LogP contribution in [0.15, 0.2) is 30.5 Å². The standard InChI is InChI=1S/C15H20ClN3/c1-10(2)19-8-7-12(18-19)9-15(17)13-5-4-6-14(16)11(13)3/h4-8,10,15H,9,17H2,1-3H3. The van der Waals surface area contributed by atoms with Gasteiger partial charge in [-0.1, -0.05) is 23.7 Å². The third-order valence-electron chi connectivity index (χ3n) is 3.33. The Hall–Kier alpha value is -1.32. The topological polar surface area (TPSA) is 43.8 Å². The molecule has 4 heteroatoms. The van der Waals surface area contributed by atoms with E-state index in [2.05, 4.69) is 18.9 Å². The first-order valence-corrected chi connectivity index (χ1v) is 6.91. The second kappa shape index (κ2) is 5.76. The van der Waals surface area contributed by atoms with E-state index >= 15 is 0 Å². The summed E-state index contributed by atoms with van der Waals surface area (Å²) >= 11 is 6.13. The van der Waals surface area contributed by atoms with Crippen molar-refractivity contribution in [1.82, 2.24) is 9.78 Å². The van der Waals surface area contributed by atoms with Gasteiger partial charge in [-0.3, -0.25) is 4.68 Å². The van der Waals surface area contributed by atoms with Gasteiger partial charge >= 0.3 is 0 Å². The summed E-state index contributed by atoms with van der Waals surface area (Å²) in [6, 6.07) is 8.19. The van der Waals surface area contributed by atoms with Crippen molar-refractivity contribution in [2.24, 2.45) is 5.73 Å². The van der Waals surface area contributed by atoms with Gasteiger partial charge in [0.2, 0.25) is 0 Å². The smallest absolute Gasteiger partial charge is 0.0643 e. The highest BCUT2D eigenvalue weighted by molar-refractivity contribution is 6.31. The summed E-state index contributed by atoms with van der Waals surface area (Å²) in [6.45, 7) is 6.22. The van der Waals surface area contributed by atoms with Crippen LogP contribution in [-0.4, -0.2) is 9.78 Å². The fourth-order valence-electron chi connectivity index (χ4n) is 2.13. The van der Waals surface area contributed by atoms with E-state index in [0.29, 0.717) is 6.04 Å². The molecule has 0 spiro atoms. The van der Waals surface area contributed by atoms with Crippen molar-refractivity contribution in [2.75, 3.05) is 0 Å². The van der Waals surface area contributed by atoms with Gasteiger partial charge in [-0.05, 0) is 44.0 Å². The van der Waals surface area contributed by atoms with Gasteiger partial charge in [-0.15, -0.1) is 0 Å². The van der Waals surface area contributed by atoms with Gasteiger partial charge in [0.25, 0.3) is 0 Å². The molecule has 2 N–H and O–H groups in total. The van der Waals surface area contributed by atoms with E-state index in [0.717, 1.165) is 28.3 Å². The van der Waals surface area contributed by atoms with E-state index in [-0.39, 0.29) is 6.04 Å². The average molecular weight is 278 g/mol. The minimum Gasteiger partial charge on any atom is -0.324 e. The van der Waals surface area contributed by atoms with Crippen LogP contribution in [0.4, 0.5) is 0 Å². The number of halogens is 1. The highest BCUT2D eigenvalue weighted by Gasteiger charge is 2.13. The van der Waals surface area contributed by atoms with E-state index < -0.39 is 0 Å². The van der Waals surface area contributed by atoms with Crippen LogP contribution in [0, 0.1) is 6.92 Å². The van der Waals surface area contributed by atoms with Crippen LogP contribution in [0.3, 0.4) is 0 Å². The van der Waals surface area contributed by atoms with Gasteiger partial charge in [0.1, 0.15) is 0 Å². The first kappa shape index (κ1) is 14.1. The maximum absolute atomic E-state index is 6.27. The third kappa shape index (κ3) is 3.17. The molecule has 0 amide bonds. The van der Waals surface area contributed by atoms with E-state index in [1.165, 1.54) is 0 Å². The van der Waals surface area contributed by atoms with Crippen LogP contribution in [-0.2, 0) is 6.42 Å². The molecule has 0 saturated carbocycles. The molecule has 19 heavy (non-hydrogen) atoms. The molecular weight excluding hydrogens is 258 g/mol. The molecule has 1 unspecified atom stereocenters. The van der Waals surface area contributed by atoms with Crippen molar-refractivity contribution < 1.29 is 0 Å². The fourth-order valence-corrected chi connectivity index (χ4v) is 2.32. The quantitative estimate of drug-likeness (QED) is 0.927. The Kier molecular flexibility index (Phi) is 4.27. The largest absolute Gasteiger partial charge is 0.324 e. The monoisotopic (exact) mass is 277 g/mol. The third-order valence-corrected chi connectivity index (χ3v) is 3.74. The summed E-state index contributed by atoms with van der Waals surface area (Å²) in [5.41, 5.74) is 9.43. The molecule has 2 aromatic rings. The summed E-state index contributed by atoms with van der Waals surface area (Å²) in [6.07, 6.45) is 2.72. The molecule has 1 aromatic carbocycles. The first-order valence-electron chi connectivity index (χ1n) is 6.53. The molecule has 0 saturated heterocycles.